The molecule has 1 saturated carbocycles. The van der Waals surface area contributed by atoms with E-state index in [2.05, 4.69) is 23.8 Å². The number of anilines is 1. The molecule has 2 fully saturated rings. The molecule has 2 aromatic heterocycles. The van der Waals surface area contributed by atoms with Gasteiger partial charge >= 0.3 is 0 Å². The van der Waals surface area contributed by atoms with Gasteiger partial charge in [0.05, 0.1) is 0 Å². The van der Waals surface area contributed by atoms with Crippen molar-refractivity contribution in [2.24, 2.45) is 5.41 Å². The van der Waals surface area contributed by atoms with Gasteiger partial charge in [-0.15, -0.1) is 0 Å². The Morgan fingerprint density at radius 2 is 1.70 bits per heavy atom. The summed E-state index contributed by atoms with van der Waals surface area (Å²) in [6.45, 7) is 5.41. The van der Waals surface area contributed by atoms with E-state index in [1.807, 2.05) is 4.57 Å². The van der Waals surface area contributed by atoms with Crippen LogP contribution in [0.25, 0.3) is 11.2 Å². The lowest BCUT2D eigenvalue weighted by Gasteiger charge is -2.36. The van der Waals surface area contributed by atoms with Crippen LogP contribution in [0.4, 0.5) is 5.82 Å². The Kier molecular flexibility index (Phi) is 4.66. The van der Waals surface area contributed by atoms with Gasteiger partial charge in [0, 0.05) is 31.5 Å². The maximum absolute atomic E-state index is 13.5. The second-order valence-corrected chi connectivity index (χ2v) is 10.5. The molecule has 2 N–H and O–H groups in total. The Hall–Kier alpha value is -1.67. The predicted molar refractivity (Wildman–Crippen MR) is 106 cm³/mol. The van der Waals surface area contributed by atoms with E-state index in [-0.39, 0.29) is 16.4 Å². The summed E-state index contributed by atoms with van der Waals surface area (Å²) in [7, 11) is -3.70. The number of hydrogen-bond acceptors (Lipinski definition) is 5. The molecule has 4 rings (SSSR count). The van der Waals surface area contributed by atoms with Crippen molar-refractivity contribution >= 4 is 27.0 Å². The van der Waals surface area contributed by atoms with Crippen LogP contribution in [0.5, 0.6) is 0 Å². The Bertz CT molecular complexity index is 934. The van der Waals surface area contributed by atoms with Crippen molar-refractivity contribution in [1.29, 1.82) is 0 Å². The number of nitrogens with two attached hydrogens (primary N) is 1. The topological polar surface area (TPSA) is 94.1 Å². The number of piperidine rings is 1. The number of nitrogens with zero attached hydrogens (tertiary/aromatic N) is 4. The van der Waals surface area contributed by atoms with E-state index in [1.165, 1.54) is 6.42 Å². The minimum absolute atomic E-state index is 0.149. The van der Waals surface area contributed by atoms with Crippen LogP contribution < -0.4 is 5.73 Å². The zero-order chi connectivity index (χ0) is 19.2. The first-order valence-electron chi connectivity index (χ1n) is 9.92. The fourth-order valence-corrected chi connectivity index (χ4v) is 6.11. The molecule has 0 spiro atoms. The van der Waals surface area contributed by atoms with E-state index in [4.69, 9.17) is 5.73 Å². The molecule has 2 aliphatic rings. The van der Waals surface area contributed by atoms with Crippen LogP contribution in [0.1, 0.15) is 64.8 Å². The van der Waals surface area contributed by atoms with Gasteiger partial charge in [-0.2, -0.15) is 4.31 Å². The lowest BCUT2D eigenvalue weighted by atomic mass is 9.83. The normalized spacial score (nSPS) is 22.3. The van der Waals surface area contributed by atoms with Crippen molar-refractivity contribution in [1.82, 2.24) is 18.8 Å². The third-order valence-electron chi connectivity index (χ3n) is 6.23. The third-order valence-corrected chi connectivity index (χ3v) is 8.19. The van der Waals surface area contributed by atoms with Crippen molar-refractivity contribution in [3.05, 3.63) is 12.4 Å². The van der Waals surface area contributed by atoms with Gasteiger partial charge in [-0.3, -0.25) is 0 Å². The van der Waals surface area contributed by atoms with E-state index in [1.54, 1.807) is 16.7 Å². The van der Waals surface area contributed by atoms with Crippen LogP contribution in [0.2, 0.25) is 0 Å². The quantitative estimate of drug-likeness (QED) is 0.866. The summed E-state index contributed by atoms with van der Waals surface area (Å²) in [5.41, 5.74) is 7.65. The molecule has 3 heterocycles. The molecule has 0 unspecified atom stereocenters. The molecule has 0 aromatic carbocycles. The Morgan fingerprint density at radius 1 is 1.07 bits per heavy atom. The highest BCUT2D eigenvalue weighted by molar-refractivity contribution is 7.89. The number of sulfonamides is 1. The zero-order valence-corrected chi connectivity index (χ0v) is 17.0. The SMILES string of the molecule is CC1(C)CCN(S(=O)(=O)c2c(N)n(C3CCCCC3)c3nccnc23)CC1. The monoisotopic (exact) mass is 391 g/mol. The highest BCUT2D eigenvalue weighted by atomic mass is 32.2. The van der Waals surface area contributed by atoms with Crippen molar-refractivity contribution < 1.29 is 8.42 Å². The molecule has 7 nitrogen and oxygen atoms in total. The van der Waals surface area contributed by atoms with Crippen LogP contribution in [0.15, 0.2) is 17.3 Å². The van der Waals surface area contributed by atoms with E-state index in [9.17, 15) is 8.42 Å². The lowest BCUT2D eigenvalue weighted by molar-refractivity contribution is 0.196. The second kappa shape index (κ2) is 6.74. The molecule has 8 heteroatoms. The lowest BCUT2D eigenvalue weighted by Crippen LogP contribution is -2.41. The molecule has 0 bridgehead atoms. The Labute approximate surface area is 161 Å². The van der Waals surface area contributed by atoms with E-state index >= 15 is 0 Å². The number of fused-ring (bicyclic) bond motifs is 1. The predicted octanol–water partition coefficient (Wildman–Crippen LogP) is 3.33. The highest BCUT2D eigenvalue weighted by Crippen LogP contribution is 2.40. The summed E-state index contributed by atoms with van der Waals surface area (Å²) in [6, 6.07) is 0.196. The first-order valence-corrected chi connectivity index (χ1v) is 11.4. The van der Waals surface area contributed by atoms with Gasteiger partial charge in [-0.1, -0.05) is 33.1 Å². The molecule has 27 heavy (non-hydrogen) atoms. The molecule has 1 aliphatic heterocycles. The van der Waals surface area contributed by atoms with E-state index < -0.39 is 10.0 Å². The Morgan fingerprint density at radius 3 is 2.37 bits per heavy atom. The second-order valence-electron chi connectivity index (χ2n) is 8.67. The van der Waals surface area contributed by atoms with Gasteiger partial charge < -0.3 is 10.3 Å². The van der Waals surface area contributed by atoms with Gasteiger partial charge in [-0.05, 0) is 31.1 Å². The van der Waals surface area contributed by atoms with Crippen LogP contribution >= 0.6 is 0 Å². The first-order chi connectivity index (χ1) is 12.8. The molecular formula is C19H29N5O2S. The van der Waals surface area contributed by atoms with E-state index in [0.717, 1.165) is 38.5 Å². The minimum Gasteiger partial charge on any atom is -0.384 e. The number of nitrogen functional groups attached to an aromatic ring is 1. The molecule has 1 aliphatic carbocycles. The maximum Gasteiger partial charge on any atom is 0.248 e. The van der Waals surface area contributed by atoms with Crippen molar-refractivity contribution in [2.45, 2.75) is 69.7 Å². The summed E-state index contributed by atoms with van der Waals surface area (Å²) < 4.78 is 30.5. The van der Waals surface area contributed by atoms with Gasteiger partial charge in [-0.25, -0.2) is 18.4 Å². The van der Waals surface area contributed by atoms with Gasteiger partial charge in [0.25, 0.3) is 0 Å². The molecular weight excluding hydrogens is 362 g/mol. The molecule has 2 aromatic rings. The smallest absolute Gasteiger partial charge is 0.248 e. The van der Waals surface area contributed by atoms with Crippen LogP contribution in [0.3, 0.4) is 0 Å². The van der Waals surface area contributed by atoms with Crippen LogP contribution in [-0.4, -0.2) is 40.3 Å². The van der Waals surface area contributed by atoms with Crippen LogP contribution in [0, 0.1) is 5.41 Å². The fraction of sp³-hybridized carbons (Fsp3) is 0.684. The number of rotatable bonds is 3. The molecule has 0 atom stereocenters. The summed E-state index contributed by atoms with van der Waals surface area (Å²) in [5, 5.41) is 0. The van der Waals surface area contributed by atoms with Gasteiger partial charge in [0.15, 0.2) is 10.5 Å². The maximum atomic E-state index is 13.5. The zero-order valence-electron chi connectivity index (χ0n) is 16.2. The van der Waals surface area contributed by atoms with Gasteiger partial charge in [0.2, 0.25) is 10.0 Å². The van der Waals surface area contributed by atoms with Crippen molar-refractivity contribution in [3.63, 3.8) is 0 Å². The van der Waals surface area contributed by atoms with Crippen molar-refractivity contribution in [3.8, 4) is 0 Å². The van der Waals surface area contributed by atoms with Crippen LogP contribution in [-0.2, 0) is 10.0 Å². The first kappa shape index (κ1) is 18.7. The summed E-state index contributed by atoms with van der Waals surface area (Å²) in [4.78, 5) is 8.98. The third kappa shape index (κ3) is 3.23. The number of hydrogen-bond donors (Lipinski definition) is 1. The molecule has 1 saturated heterocycles. The minimum atomic E-state index is -3.70. The molecule has 0 amide bonds. The summed E-state index contributed by atoms with van der Waals surface area (Å²) in [5.74, 6) is 0.299. The van der Waals surface area contributed by atoms with E-state index in [0.29, 0.717) is 30.1 Å². The van der Waals surface area contributed by atoms with Gasteiger partial charge in [0.1, 0.15) is 11.3 Å². The average molecular weight is 392 g/mol. The van der Waals surface area contributed by atoms with Crippen molar-refractivity contribution in [2.75, 3.05) is 18.8 Å². The summed E-state index contributed by atoms with van der Waals surface area (Å²) in [6.07, 6.45) is 10.3. The average Bonchev–Trinajstić information content (AvgIpc) is 2.94. The molecule has 148 valence electrons. The Balaban J connectivity index is 1.81. The standard InChI is InChI=1S/C19H29N5O2S/c1-19(2)8-12-23(13-9-19)27(25,26)16-15-18(22-11-10-21-15)24(17(16)20)14-6-4-3-5-7-14/h10-11,14H,3-9,12-13,20H2,1-2H3. The largest absolute Gasteiger partial charge is 0.384 e. The summed E-state index contributed by atoms with van der Waals surface area (Å²) >= 11 is 0. The molecule has 0 radical (unpaired) electrons. The number of aromatic nitrogens is 3. The highest BCUT2D eigenvalue weighted by Gasteiger charge is 2.38. The fourth-order valence-electron chi connectivity index (χ4n) is 4.44.